The molecule has 0 radical (unpaired) electrons. The molecule has 26 heavy (non-hydrogen) atoms. The number of aromatic nitrogens is 6. The third-order valence-electron chi connectivity index (χ3n) is 4.58. The van der Waals surface area contributed by atoms with Crippen LogP contribution in [0.3, 0.4) is 0 Å². The number of piperazine rings is 1. The van der Waals surface area contributed by atoms with E-state index in [0.29, 0.717) is 5.82 Å². The van der Waals surface area contributed by atoms with E-state index < -0.39 is 0 Å². The Morgan fingerprint density at radius 3 is 2.38 bits per heavy atom. The first kappa shape index (κ1) is 16.7. The van der Waals surface area contributed by atoms with Gasteiger partial charge < -0.3 is 0 Å². The highest BCUT2D eigenvalue weighted by atomic mass is 15.3. The topological polar surface area (TPSA) is 75.9 Å². The van der Waals surface area contributed by atoms with Gasteiger partial charge in [0.1, 0.15) is 18.3 Å². The van der Waals surface area contributed by atoms with Crippen molar-refractivity contribution in [2.24, 2.45) is 0 Å². The molecule has 134 valence electrons. The van der Waals surface area contributed by atoms with Gasteiger partial charge in [-0.1, -0.05) is 6.07 Å². The normalized spacial score (nSPS) is 16.0. The lowest BCUT2D eigenvalue weighted by molar-refractivity contribution is 0.123. The minimum absolute atomic E-state index is 0.673. The number of rotatable bonds is 6. The van der Waals surface area contributed by atoms with Crippen molar-refractivity contribution in [2.45, 2.75) is 13.1 Å². The molecular formula is C18H22N8. The molecule has 1 fully saturated rings. The number of hydrogen-bond donors (Lipinski definition) is 0. The number of hydrogen-bond acceptors (Lipinski definition) is 7. The molecule has 0 atom stereocenters. The van der Waals surface area contributed by atoms with Crippen molar-refractivity contribution in [3.05, 3.63) is 55.0 Å². The Bertz CT molecular complexity index is 780. The highest BCUT2D eigenvalue weighted by Crippen LogP contribution is 2.12. The molecule has 0 bridgehead atoms. The van der Waals surface area contributed by atoms with Crippen LogP contribution in [0.4, 0.5) is 0 Å². The van der Waals surface area contributed by atoms with Crippen LogP contribution in [0, 0.1) is 0 Å². The van der Waals surface area contributed by atoms with Gasteiger partial charge in [0.05, 0.1) is 6.54 Å². The van der Waals surface area contributed by atoms with E-state index >= 15 is 0 Å². The lowest BCUT2D eigenvalue weighted by atomic mass is 10.2. The highest BCUT2D eigenvalue weighted by molar-refractivity contribution is 5.47. The molecule has 0 aliphatic carbocycles. The van der Waals surface area contributed by atoms with Gasteiger partial charge in [0.2, 0.25) is 0 Å². The van der Waals surface area contributed by atoms with E-state index in [4.69, 9.17) is 0 Å². The van der Waals surface area contributed by atoms with Crippen molar-refractivity contribution in [3.63, 3.8) is 0 Å². The molecule has 4 rings (SSSR count). The van der Waals surface area contributed by atoms with Crippen LogP contribution in [0.15, 0.2) is 49.4 Å². The molecule has 3 aromatic heterocycles. The Balaban J connectivity index is 1.25. The molecule has 0 unspecified atom stereocenters. The molecule has 4 heterocycles. The summed E-state index contributed by atoms with van der Waals surface area (Å²) < 4.78 is 1.88. The standard InChI is InChI=1S/C18H22N8/c1-2-4-20-17(3-1)18-21-11-16(12-22-18)13-25-7-5-24(6-8-25)9-10-26-15-19-14-23-26/h1-4,11-12,14-15H,5-10,13H2. The summed E-state index contributed by atoms with van der Waals surface area (Å²) in [7, 11) is 0. The molecule has 3 aromatic rings. The molecule has 1 aliphatic rings. The summed E-state index contributed by atoms with van der Waals surface area (Å²) in [6.07, 6.45) is 8.93. The first-order chi connectivity index (χ1) is 12.9. The minimum atomic E-state index is 0.673. The SMILES string of the molecule is c1ccc(-c2ncc(CN3CCN(CCn4cncn4)CC3)cn2)nc1. The zero-order valence-corrected chi connectivity index (χ0v) is 14.6. The maximum Gasteiger partial charge on any atom is 0.178 e. The van der Waals surface area contributed by atoms with Gasteiger partial charge in [0.25, 0.3) is 0 Å². The molecule has 0 amide bonds. The number of nitrogens with zero attached hydrogens (tertiary/aromatic N) is 8. The van der Waals surface area contributed by atoms with Gasteiger partial charge >= 0.3 is 0 Å². The Kier molecular flexibility index (Phi) is 5.22. The summed E-state index contributed by atoms with van der Waals surface area (Å²) >= 11 is 0. The van der Waals surface area contributed by atoms with Gasteiger partial charge in [0, 0.05) is 63.4 Å². The van der Waals surface area contributed by atoms with E-state index in [9.17, 15) is 0 Å². The van der Waals surface area contributed by atoms with Crippen LogP contribution in [0.1, 0.15) is 5.56 Å². The van der Waals surface area contributed by atoms with Crippen molar-refractivity contribution in [3.8, 4) is 11.5 Å². The summed E-state index contributed by atoms with van der Waals surface area (Å²) in [5.41, 5.74) is 1.95. The van der Waals surface area contributed by atoms with Crippen LogP contribution in [0.25, 0.3) is 11.5 Å². The average Bonchev–Trinajstić information content (AvgIpc) is 3.22. The van der Waals surface area contributed by atoms with Crippen molar-refractivity contribution in [2.75, 3.05) is 32.7 Å². The summed E-state index contributed by atoms with van der Waals surface area (Å²) in [5.74, 6) is 0.673. The Morgan fingerprint density at radius 1 is 0.885 bits per heavy atom. The highest BCUT2D eigenvalue weighted by Gasteiger charge is 2.17. The predicted molar refractivity (Wildman–Crippen MR) is 97.0 cm³/mol. The Morgan fingerprint density at radius 2 is 1.69 bits per heavy atom. The molecule has 1 saturated heterocycles. The molecule has 0 N–H and O–H groups in total. The van der Waals surface area contributed by atoms with Crippen molar-refractivity contribution in [1.82, 2.24) is 39.5 Å². The van der Waals surface area contributed by atoms with Gasteiger partial charge in [-0.3, -0.25) is 19.5 Å². The molecule has 1 aliphatic heterocycles. The first-order valence-electron chi connectivity index (χ1n) is 8.86. The maximum atomic E-state index is 4.46. The molecule has 8 heteroatoms. The molecule has 0 spiro atoms. The van der Waals surface area contributed by atoms with Crippen molar-refractivity contribution < 1.29 is 0 Å². The summed E-state index contributed by atoms with van der Waals surface area (Å²) in [4.78, 5) is 22.1. The molecule has 0 aromatic carbocycles. The maximum absolute atomic E-state index is 4.46. The van der Waals surface area contributed by atoms with E-state index in [-0.39, 0.29) is 0 Å². The van der Waals surface area contributed by atoms with E-state index in [2.05, 4.69) is 34.8 Å². The van der Waals surface area contributed by atoms with E-state index in [1.807, 2.05) is 35.3 Å². The van der Waals surface area contributed by atoms with Gasteiger partial charge in [-0.05, 0) is 12.1 Å². The third kappa shape index (κ3) is 4.27. The first-order valence-corrected chi connectivity index (χ1v) is 8.86. The molecular weight excluding hydrogens is 328 g/mol. The molecule has 0 saturated carbocycles. The van der Waals surface area contributed by atoms with Gasteiger partial charge in [-0.25, -0.2) is 15.0 Å². The Labute approximate surface area is 152 Å². The summed E-state index contributed by atoms with van der Waals surface area (Å²) in [6.45, 7) is 7.04. The average molecular weight is 350 g/mol. The van der Waals surface area contributed by atoms with Gasteiger partial charge in [-0.15, -0.1) is 0 Å². The summed E-state index contributed by atoms with van der Waals surface area (Å²) in [5, 5.41) is 4.15. The zero-order valence-electron chi connectivity index (χ0n) is 14.6. The largest absolute Gasteiger partial charge is 0.299 e. The second-order valence-electron chi connectivity index (χ2n) is 6.41. The van der Waals surface area contributed by atoms with Crippen LogP contribution in [0.5, 0.6) is 0 Å². The van der Waals surface area contributed by atoms with Crippen LogP contribution in [-0.2, 0) is 13.1 Å². The second kappa shape index (κ2) is 8.11. The van der Waals surface area contributed by atoms with Gasteiger partial charge in [-0.2, -0.15) is 5.10 Å². The minimum Gasteiger partial charge on any atom is -0.299 e. The van der Waals surface area contributed by atoms with Crippen molar-refractivity contribution in [1.29, 1.82) is 0 Å². The lowest BCUT2D eigenvalue weighted by Crippen LogP contribution is -2.46. The smallest absolute Gasteiger partial charge is 0.178 e. The van der Waals surface area contributed by atoms with E-state index in [1.54, 1.807) is 18.9 Å². The van der Waals surface area contributed by atoms with Crippen molar-refractivity contribution >= 4 is 0 Å². The lowest BCUT2D eigenvalue weighted by Gasteiger charge is -2.34. The summed E-state index contributed by atoms with van der Waals surface area (Å²) in [6, 6.07) is 5.76. The predicted octanol–water partition coefficient (Wildman–Crippen LogP) is 0.948. The Hall–Kier alpha value is -2.71. The van der Waals surface area contributed by atoms with Gasteiger partial charge in [0.15, 0.2) is 5.82 Å². The van der Waals surface area contributed by atoms with E-state index in [0.717, 1.165) is 57.1 Å². The van der Waals surface area contributed by atoms with Crippen LogP contribution in [-0.4, -0.2) is 72.2 Å². The second-order valence-corrected chi connectivity index (χ2v) is 6.41. The monoisotopic (exact) mass is 350 g/mol. The van der Waals surface area contributed by atoms with Crippen LogP contribution >= 0.6 is 0 Å². The third-order valence-corrected chi connectivity index (χ3v) is 4.58. The van der Waals surface area contributed by atoms with Crippen LogP contribution < -0.4 is 0 Å². The fourth-order valence-corrected chi connectivity index (χ4v) is 3.09. The quantitative estimate of drug-likeness (QED) is 0.655. The zero-order chi connectivity index (χ0) is 17.6. The molecule has 8 nitrogen and oxygen atoms in total. The fourth-order valence-electron chi connectivity index (χ4n) is 3.09. The number of pyridine rings is 1. The van der Waals surface area contributed by atoms with E-state index in [1.165, 1.54) is 0 Å². The fraction of sp³-hybridized carbons (Fsp3) is 0.389. The van der Waals surface area contributed by atoms with Crippen LogP contribution in [0.2, 0.25) is 0 Å².